The van der Waals surface area contributed by atoms with Crippen molar-refractivity contribution in [1.82, 2.24) is 15.0 Å². The van der Waals surface area contributed by atoms with Crippen molar-refractivity contribution >= 4 is 5.82 Å². The Labute approximate surface area is 111 Å². The Morgan fingerprint density at radius 3 is 2.21 bits per heavy atom. The fourth-order valence-corrected chi connectivity index (χ4v) is 1.50. The highest BCUT2D eigenvalue weighted by molar-refractivity contribution is 5.60. The maximum atomic E-state index is 5.54. The van der Waals surface area contributed by atoms with Gasteiger partial charge in [0.25, 0.3) is 0 Å². The van der Waals surface area contributed by atoms with Crippen molar-refractivity contribution in [2.45, 2.75) is 0 Å². The normalized spacial score (nSPS) is 14.3. The van der Waals surface area contributed by atoms with Gasteiger partial charge in [0.15, 0.2) is 0 Å². The second kappa shape index (κ2) is 7.40. The van der Waals surface area contributed by atoms with Gasteiger partial charge in [-0.25, -0.2) is 4.98 Å². The molecule has 2 N–H and O–H groups in total. The van der Waals surface area contributed by atoms with E-state index in [2.05, 4.69) is 15.0 Å². The first-order valence-corrected chi connectivity index (χ1v) is 5.99. The third-order valence-corrected chi connectivity index (χ3v) is 2.38. The summed E-state index contributed by atoms with van der Waals surface area (Å²) in [6, 6.07) is 3.62. The summed E-state index contributed by atoms with van der Waals surface area (Å²) in [5.41, 5.74) is 7.27. The zero-order valence-electron chi connectivity index (χ0n) is 10.5. The molecule has 2 aromatic rings. The largest absolute Gasteiger partial charge is 0.384 e. The number of hydrogen-bond acceptors (Lipinski definition) is 6. The number of pyridine rings is 1. The van der Waals surface area contributed by atoms with Crippen LogP contribution < -0.4 is 5.73 Å². The summed E-state index contributed by atoms with van der Waals surface area (Å²) < 4.78 is 9.89. The van der Waals surface area contributed by atoms with Gasteiger partial charge in [-0.3, -0.25) is 9.97 Å². The second-order valence-electron chi connectivity index (χ2n) is 3.78. The molecule has 100 valence electrons. The van der Waals surface area contributed by atoms with Crippen molar-refractivity contribution in [2.75, 3.05) is 32.2 Å². The summed E-state index contributed by atoms with van der Waals surface area (Å²) in [7, 11) is 0. The summed E-state index contributed by atoms with van der Waals surface area (Å²) >= 11 is 0. The highest BCUT2D eigenvalue weighted by Gasteiger charge is 1.98. The van der Waals surface area contributed by atoms with Crippen molar-refractivity contribution in [3.63, 3.8) is 0 Å². The zero-order valence-corrected chi connectivity index (χ0v) is 10.5. The number of nitrogens with two attached hydrogens (primary N) is 1. The Morgan fingerprint density at radius 1 is 0.947 bits per heavy atom. The summed E-state index contributed by atoms with van der Waals surface area (Å²) in [6.07, 6.45) is 6.62. The van der Waals surface area contributed by atoms with Gasteiger partial charge in [-0.1, -0.05) is 0 Å². The quantitative estimate of drug-likeness (QED) is 0.828. The predicted octanol–water partition coefficient (Wildman–Crippen LogP) is 1.15. The van der Waals surface area contributed by atoms with E-state index in [0.29, 0.717) is 5.82 Å². The fraction of sp³-hybridized carbons (Fsp3) is 0.308. The molecule has 0 aliphatic carbocycles. The van der Waals surface area contributed by atoms with Gasteiger partial charge in [0.2, 0.25) is 0 Å². The molecule has 3 heterocycles. The van der Waals surface area contributed by atoms with Crippen LogP contribution in [-0.4, -0.2) is 41.4 Å². The lowest BCUT2D eigenvalue weighted by Gasteiger charge is -2.09. The van der Waals surface area contributed by atoms with Crippen LogP contribution in [0.15, 0.2) is 36.9 Å². The second-order valence-corrected chi connectivity index (χ2v) is 3.78. The molecule has 0 aromatic carbocycles. The topological polar surface area (TPSA) is 83.2 Å². The van der Waals surface area contributed by atoms with Gasteiger partial charge in [-0.05, 0) is 12.1 Å². The van der Waals surface area contributed by atoms with Gasteiger partial charge >= 0.3 is 0 Å². The first kappa shape index (κ1) is 13.4. The van der Waals surface area contributed by atoms with Crippen molar-refractivity contribution in [3.8, 4) is 11.3 Å². The summed E-state index contributed by atoms with van der Waals surface area (Å²) in [5, 5.41) is 0. The number of anilines is 1. The average molecular weight is 260 g/mol. The van der Waals surface area contributed by atoms with Gasteiger partial charge < -0.3 is 15.2 Å². The van der Waals surface area contributed by atoms with Crippen LogP contribution in [0.25, 0.3) is 11.3 Å². The highest BCUT2D eigenvalue weighted by Crippen LogP contribution is 2.15. The predicted molar refractivity (Wildman–Crippen MR) is 71.3 cm³/mol. The van der Waals surface area contributed by atoms with E-state index in [1.54, 1.807) is 30.9 Å². The van der Waals surface area contributed by atoms with Gasteiger partial charge in [0.1, 0.15) is 5.82 Å². The fourth-order valence-electron chi connectivity index (χ4n) is 1.50. The molecule has 0 radical (unpaired) electrons. The van der Waals surface area contributed by atoms with E-state index in [1.165, 1.54) is 0 Å². The molecule has 0 amide bonds. The Bertz CT molecular complexity index is 478. The number of aromatic nitrogens is 3. The molecule has 3 rings (SSSR count). The van der Waals surface area contributed by atoms with Gasteiger partial charge in [0, 0.05) is 24.2 Å². The van der Waals surface area contributed by atoms with Gasteiger partial charge in [-0.15, -0.1) is 0 Å². The van der Waals surface area contributed by atoms with Crippen molar-refractivity contribution in [1.29, 1.82) is 0 Å². The summed E-state index contributed by atoms with van der Waals surface area (Å²) in [5.74, 6) is 0.489. The van der Waals surface area contributed by atoms with Crippen molar-refractivity contribution in [2.24, 2.45) is 0 Å². The third kappa shape index (κ3) is 4.61. The zero-order chi connectivity index (χ0) is 13.3. The summed E-state index contributed by atoms with van der Waals surface area (Å²) in [4.78, 5) is 12.0. The first-order valence-electron chi connectivity index (χ1n) is 5.99. The Balaban J connectivity index is 0.000000186. The maximum absolute atomic E-state index is 5.54. The number of nitrogens with zero attached hydrogens (tertiary/aromatic N) is 3. The van der Waals surface area contributed by atoms with Crippen LogP contribution in [0.1, 0.15) is 0 Å². The standard InChI is InChI=1S/C9H8N4.C4H8O2/c10-9-5-7(1-2-13-9)8-6-11-3-4-12-8;1-2-6-4-3-5-1/h1-6H,(H2,10,13);1-4H2. The molecule has 0 unspecified atom stereocenters. The van der Waals surface area contributed by atoms with Crippen molar-refractivity contribution in [3.05, 3.63) is 36.9 Å². The smallest absolute Gasteiger partial charge is 0.123 e. The molecule has 0 saturated carbocycles. The Kier molecular flexibility index (Phi) is 5.21. The monoisotopic (exact) mass is 260 g/mol. The Morgan fingerprint density at radius 2 is 1.68 bits per heavy atom. The number of hydrogen-bond donors (Lipinski definition) is 1. The Hall–Kier alpha value is -2.05. The summed E-state index contributed by atoms with van der Waals surface area (Å²) in [6.45, 7) is 3.11. The molecule has 2 aromatic heterocycles. The van der Waals surface area contributed by atoms with E-state index < -0.39 is 0 Å². The van der Waals surface area contributed by atoms with Crippen LogP contribution in [0, 0.1) is 0 Å². The molecule has 6 heteroatoms. The van der Waals surface area contributed by atoms with E-state index in [9.17, 15) is 0 Å². The van der Waals surface area contributed by atoms with Crippen LogP contribution in [0.2, 0.25) is 0 Å². The third-order valence-electron chi connectivity index (χ3n) is 2.38. The minimum atomic E-state index is 0.489. The molecule has 1 aliphatic rings. The lowest BCUT2D eigenvalue weighted by Crippen LogP contribution is -2.16. The molecule has 0 atom stereocenters. The van der Waals surface area contributed by atoms with Crippen LogP contribution in [0.4, 0.5) is 5.82 Å². The molecule has 1 aliphatic heterocycles. The van der Waals surface area contributed by atoms with Crippen LogP contribution in [0.3, 0.4) is 0 Å². The number of rotatable bonds is 1. The van der Waals surface area contributed by atoms with Crippen molar-refractivity contribution < 1.29 is 9.47 Å². The van der Waals surface area contributed by atoms with Crippen LogP contribution in [-0.2, 0) is 9.47 Å². The molecule has 19 heavy (non-hydrogen) atoms. The van der Waals surface area contributed by atoms with E-state index in [-0.39, 0.29) is 0 Å². The van der Waals surface area contributed by atoms with E-state index in [4.69, 9.17) is 15.2 Å². The van der Waals surface area contributed by atoms with E-state index in [1.807, 2.05) is 6.07 Å². The number of nitrogen functional groups attached to an aromatic ring is 1. The maximum Gasteiger partial charge on any atom is 0.123 e. The SMILES string of the molecule is C1COCCO1.Nc1cc(-c2cnccn2)ccn1. The molecule has 1 saturated heterocycles. The van der Waals surface area contributed by atoms with E-state index >= 15 is 0 Å². The highest BCUT2D eigenvalue weighted by atomic mass is 16.6. The lowest BCUT2D eigenvalue weighted by atomic mass is 10.2. The molecular weight excluding hydrogens is 244 g/mol. The minimum Gasteiger partial charge on any atom is -0.384 e. The molecule has 0 spiro atoms. The van der Waals surface area contributed by atoms with Gasteiger partial charge in [-0.2, -0.15) is 0 Å². The van der Waals surface area contributed by atoms with Crippen LogP contribution >= 0.6 is 0 Å². The molecule has 0 bridgehead atoms. The molecular formula is C13H16N4O2. The number of ether oxygens (including phenoxy) is 2. The first-order chi connectivity index (χ1) is 9.36. The minimum absolute atomic E-state index is 0.489. The molecule has 6 nitrogen and oxygen atoms in total. The van der Waals surface area contributed by atoms with Crippen LogP contribution in [0.5, 0.6) is 0 Å². The van der Waals surface area contributed by atoms with E-state index in [0.717, 1.165) is 37.7 Å². The lowest BCUT2D eigenvalue weighted by molar-refractivity contribution is -0.0334. The average Bonchev–Trinajstić information content (AvgIpc) is 2.51. The van der Waals surface area contributed by atoms with Gasteiger partial charge in [0.05, 0.1) is 38.3 Å². The molecule has 1 fully saturated rings.